The van der Waals surface area contributed by atoms with Crippen LogP contribution in [-0.2, 0) is 14.4 Å². The van der Waals surface area contributed by atoms with Crippen molar-refractivity contribution in [3.63, 3.8) is 0 Å². The molecule has 1 heterocycles. The molecular formula is C19H18N2O5S. The predicted octanol–water partition coefficient (Wildman–Crippen LogP) is 2.49. The number of nitrogens with one attached hydrogen (secondary N) is 2. The molecule has 0 spiro atoms. The lowest BCUT2D eigenvalue weighted by Crippen LogP contribution is -2.51. The Morgan fingerprint density at radius 1 is 1.11 bits per heavy atom. The fourth-order valence-electron chi connectivity index (χ4n) is 2.49. The minimum Gasteiger partial charge on any atom is -0.480 e. The Balaban J connectivity index is 1.51. The standard InChI is InChI=1S/C19H18N2O5S/c22-17(10-16-18(23)21-15(11-27-16)19(24)25)20-12-6-8-14(9-7-12)26-13-4-2-1-3-5-13/h1-9,15-16H,10-11H2,(H,20,22)(H,21,23)(H,24,25)/t15-,16-/m0/s1. The topological polar surface area (TPSA) is 105 Å². The minimum absolute atomic E-state index is 0.0227. The number of hydrogen-bond acceptors (Lipinski definition) is 5. The number of thioether (sulfide) groups is 1. The Kier molecular flexibility index (Phi) is 5.97. The largest absolute Gasteiger partial charge is 0.480 e. The molecule has 7 nitrogen and oxygen atoms in total. The summed E-state index contributed by atoms with van der Waals surface area (Å²) in [6.45, 7) is 0. The van der Waals surface area contributed by atoms with Gasteiger partial charge in [-0.1, -0.05) is 18.2 Å². The van der Waals surface area contributed by atoms with Gasteiger partial charge in [-0.2, -0.15) is 0 Å². The molecule has 3 rings (SSSR count). The summed E-state index contributed by atoms with van der Waals surface area (Å²) in [5.41, 5.74) is 0.588. The molecule has 1 saturated heterocycles. The summed E-state index contributed by atoms with van der Waals surface area (Å²) < 4.78 is 5.69. The molecular weight excluding hydrogens is 368 g/mol. The van der Waals surface area contributed by atoms with Crippen molar-refractivity contribution in [3.8, 4) is 11.5 Å². The normalized spacial score (nSPS) is 19.0. The average Bonchev–Trinajstić information content (AvgIpc) is 2.65. The maximum atomic E-state index is 12.2. The molecule has 140 valence electrons. The Hall–Kier alpha value is -3.00. The first kappa shape index (κ1) is 18.8. The van der Waals surface area contributed by atoms with E-state index in [0.29, 0.717) is 17.2 Å². The van der Waals surface area contributed by atoms with Crippen molar-refractivity contribution >= 4 is 35.2 Å². The van der Waals surface area contributed by atoms with Gasteiger partial charge in [-0.05, 0) is 36.4 Å². The van der Waals surface area contributed by atoms with Gasteiger partial charge in [0.05, 0.1) is 5.25 Å². The van der Waals surface area contributed by atoms with Crippen LogP contribution in [0.1, 0.15) is 6.42 Å². The monoisotopic (exact) mass is 386 g/mol. The highest BCUT2D eigenvalue weighted by Gasteiger charge is 2.33. The van der Waals surface area contributed by atoms with Crippen molar-refractivity contribution in [1.29, 1.82) is 0 Å². The molecule has 0 unspecified atom stereocenters. The third-order valence-electron chi connectivity index (χ3n) is 3.86. The summed E-state index contributed by atoms with van der Waals surface area (Å²) >= 11 is 1.18. The van der Waals surface area contributed by atoms with E-state index in [9.17, 15) is 14.4 Å². The lowest BCUT2D eigenvalue weighted by molar-refractivity contribution is -0.141. The van der Waals surface area contributed by atoms with E-state index >= 15 is 0 Å². The van der Waals surface area contributed by atoms with Crippen LogP contribution in [0.25, 0.3) is 0 Å². The van der Waals surface area contributed by atoms with Gasteiger partial charge in [-0.25, -0.2) is 4.79 Å². The zero-order chi connectivity index (χ0) is 19.2. The predicted molar refractivity (Wildman–Crippen MR) is 102 cm³/mol. The second-order valence-electron chi connectivity index (χ2n) is 5.91. The Labute approximate surface area is 160 Å². The van der Waals surface area contributed by atoms with Crippen molar-refractivity contribution in [2.45, 2.75) is 17.7 Å². The van der Waals surface area contributed by atoms with E-state index in [-0.39, 0.29) is 18.1 Å². The van der Waals surface area contributed by atoms with E-state index in [1.54, 1.807) is 24.3 Å². The van der Waals surface area contributed by atoms with Gasteiger partial charge in [-0.3, -0.25) is 9.59 Å². The summed E-state index contributed by atoms with van der Waals surface area (Å²) in [5, 5.41) is 13.5. The number of carboxylic acids is 1. The number of benzene rings is 2. The number of anilines is 1. The van der Waals surface area contributed by atoms with Crippen LogP contribution in [0.2, 0.25) is 0 Å². The fraction of sp³-hybridized carbons (Fsp3) is 0.211. The molecule has 0 bridgehead atoms. The zero-order valence-electron chi connectivity index (χ0n) is 14.3. The minimum atomic E-state index is -1.07. The third-order valence-corrected chi connectivity index (χ3v) is 5.17. The number of carboxylic acid groups (broad SMARTS) is 1. The summed E-state index contributed by atoms with van der Waals surface area (Å²) in [6, 6.07) is 15.3. The number of aliphatic carboxylic acids is 1. The zero-order valence-corrected chi connectivity index (χ0v) is 15.1. The molecule has 0 radical (unpaired) electrons. The van der Waals surface area contributed by atoms with Crippen LogP contribution in [0.4, 0.5) is 5.69 Å². The van der Waals surface area contributed by atoms with Gasteiger partial charge in [0.15, 0.2) is 0 Å². The second-order valence-corrected chi connectivity index (χ2v) is 7.15. The number of carbonyl (C=O) groups excluding carboxylic acids is 2. The molecule has 27 heavy (non-hydrogen) atoms. The van der Waals surface area contributed by atoms with Gasteiger partial charge in [0.2, 0.25) is 11.8 Å². The van der Waals surface area contributed by atoms with Gasteiger partial charge in [0.25, 0.3) is 0 Å². The van der Waals surface area contributed by atoms with Gasteiger partial charge in [0.1, 0.15) is 17.5 Å². The highest BCUT2D eigenvalue weighted by Crippen LogP contribution is 2.24. The number of amides is 2. The number of ether oxygens (including phenoxy) is 1. The maximum Gasteiger partial charge on any atom is 0.327 e. The first-order valence-corrected chi connectivity index (χ1v) is 9.34. The first-order chi connectivity index (χ1) is 13.0. The molecule has 1 aliphatic rings. The van der Waals surface area contributed by atoms with Gasteiger partial charge in [0, 0.05) is 17.9 Å². The van der Waals surface area contributed by atoms with Crippen molar-refractivity contribution in [2.75, 3.05) is 11.1 Å². The summed E-state index contributed by atoms with van der Waals surface area (Å²) in [5.74, 6) is -0.217. The highest BCUT2D eigenvalue weighted by molar-refractivity contribution is 8.00. The molecule has 3 N–H and O–H groups in total. The molecule has 1 fully saturated rings. The van der Waals surface area contributed by atoms with Crippen LogP contribution < -0.4 is 15.4 Å². The molecule has 2 atom stereocenters. The Bertz CT molecular complexity index is 826. The van der Waals surface area contributed by atoms with E-state index in [4.69, 9.17) is 9.84 Å². The average molecular weight is 386 g/mol. The van der Waals surface area contributed by atoms with Crippen molar-refractivity contribution in [2.24, 2.45) is 0 Å². The van der Waals surface area contributed by atoms with Gasteiger partial charge in [-0.15, -0.1) is 11.8 Å². The Morgan fingerprint density at radius 3 is 2.41 bits per heavy atom. The SMILES string of the molecule is O=C(C[C@@H]1SC[C@@H](C(=O)O)NC1=O)Nc1ccc(Oc2ccccc2)cc1. The lowest BCUT2D eigenvalue weighted by atomic mass is 10.2. The molecule has 0 aliphatic carbocycles. The van der Waals surface area contributed by atoms with Crippen molar-refractivity contribution < 1.29 is 24.2 Å². The smallest absolute Gasteiger partial charge is 0.327 e. The summed E-state index contributed by atoms with van der Waals surface area (Å²) in [7, 11) is 0. The molecule has 2 amide bonds. The quantitative estimate of drug-likeness (QED) is 0.705. The molecule has 0 saturated carbocycles. The van der Waals surface area contributed by atoms with Crippen molar-refractivity contribution in [1.82, 2.24) is 5.32 Å². The van der Waals surface area contributed by atoms with Crippen LogP contribution in [0.5, 0.6) is 11.5 Å². The molecule has 0 aromatic heterocycles. The highest BCUT2D eigenvalue weighted by atomic mass is 32.2. The van der Waals surface area contributed by atoms with Crippen LogP contribution in [0, 0.1) is 0 Å². The van der Waals surface area contributed by atoms with Crippen LogP contribution in [0.15, 0.2) is 54.6 Å². The van der Waals surface area contributed by atoms with E-state index in [2.05, 4.69) is 10.6 Å². The van der Waals surface area contributed by atoms with E-state index in [0.717, 1.165) is 0 Å². The Morgan fingerprint density at radius 2 is 1.78 bits per heavy atom. The summed E-state index contributed by atoms with van der Waals surface area (Å²) in [6.07, 6.45) is -0.0227. The van der Waals surface area contributed by atoms with Gasteiger partial charge >= 0.3 is 5.97 Å². The van der Waals surface area contributed by atoms with E-state index in [1.807, 2.05) is 30.3 Å². The second kappa shape index (κ2) is 8.59. The molecule has 1 aliphatic heterocycles. The fourth-order valence-corrected chi connectivity index (χ4v) is 3.63. The number of hydrogen-bond donors (Lipinski definition) is 3. The van der Waals surface area contributed by atoms with E-state index in [1.165, 1.54) is 11.8 Å². The van der Waals surface area contributed by atoms with Crippen LogP contribution in [0.3, 0.4) is 0 Å². The van der Waals surface area contributed by atoms with Gasteiger partial charge < -0.3 is 20.5 Å². The molecule has 8 heteroatoms. The van der Waals surface area contributed by atoms with E-state index < -0.39 is 23.2 Å². The van der Waals surface area contributed by atoms with Crippen molar-refractivity contribution in [3.05, 3.63) is 54.6 Å². The lowest BCUT2D eigenvalue weighted by Gasteiger charge is -2.25. The number of rotatable bonds is 6. The number of para-hydroxylation sites is 1. The maximum absolute atomic E-state index is 12.2. The third kappa shape index (κ3) is 5.24. The first-order valence-electron chi connectivity index (χ1n) is 8.29. The summed E-state index contributed by atoms with van der Waals surface area (Å²) in [4.78, 5) is 35.0. The van der Waals surface area contributed by atoms with Crippen LogP contribution in [-0.4, -0.2) is 39.9 Å². The van der Waals surface area contributed by atoms with Crippen LogP contribution >= 0.6 is 11.8 Å². The molecule has 2 aromatic rings. The number of carbonyl (C=O) groups is 3. The molecule has 2 aromatic carbocycles.